The van der Waals surface area contributed by atoms with Gasteiger partial charge in [-0.3, -0.25) is 4.79 Å². The quantitative estimate of drug-likeness (QED) is 0.778. The zero-order valence-corrected chi connectivity index (χ0v) is 15.1. The van der Waals surface area contributed by atoms with Crippen molar-refractivity contribution >= 4 is 18.3 Å². The van der Waals surface area contributed by atoms with Crippen LogP contribution < -0.4 is 10.6 Å². The van der Waals surface area contributed by atoms with E-state index < -0.39 is 5.60 Å². The summed E-state index contributed by atoms with van der Waals surface area (Å²) in [5.74, 6) is 0.0531. The number of carbonyl (C=O) groups is 1. The van der Waals surface area contributed by atoms with Crippen LogP contribution in [-0.4, -0.2) is 51.0 Å². The molecule has 6 heteroatoms. The lowest BCUT2D eigenvalue weighted by Gasteiger charge is -2.55. The topological polar surface area (TPSA) is 59.6 Å². The van der Waals surface area contributed by atoms with E-state index in [0.29, 0.717) is 0 Å². The highest BCUT2D eigenvalue weighted by atomic mass is 35.5. The number of ether oxygens (including phenoxy) is 2. The van der Waals surface area contributed by atoms with Crippen LogP contribution in [0, 0.1) is 5.41 Å². The molecule has 0 aromatic rings. The van der Waals surface area contributed by atoms with E-state index in [1.54, 1.807) is 14.2 Å². The lowest BCUT2D eigenvalue weighted by molar-refractivity contribution is -0.160. The molecule has 1 saturated heterocycles. The second-order valence-electron chi connectivity index (χ2n) is 6.37. The molecule has 1 aliphatic carbocycles. The van der Waals surface area contributed by atoms with Gasteiger partial charge in [-0.25, -0.2) is 0 Å². The molecule has 1 amide bonds. The van der Waals surface area contributed by atoms with Crippen molar-refractivity contribution < 1.29 is 14.3 Å². The van der Waals surface area contributed by atoms with Crippen LogP contribution in [0.25, 0.3) is 0 Å². The SMILES string of the molecule is CCC1(CC)C(NC(=O)C2(OC)CCNCC2)CC1OC.Cl. The summed E-state index contributed by atoms with van der Waals surface area (Å²) in [6.45, 7) is 6.04. The summed E-state index contributed by atoms with van der Waals surface area (Å²) in [6.07, 6.45) is 4.68. The van der Waals surface area contributed by atoms with Gasteiger partial charge in [-0.1, -0.05) is 13.8 Å². The molecule has 5 nitrogen and oxygen atoms in total. The Morgan fingerprint density at radius 1 is 1.23 bits per heavy atom. The van der Waals surface area contributed by atoms with E-state index in [4.69, 9.17) is 9.47 Å². The van der Waals surface area contributed by atoms with Crippen LogP contribution in [-0.2, 0) is 14.3 Å². The van der Waals surface area contributed by atoms with Gasteiger partial charge in [0.25, 0.3) is 5.91 Å². The molecule has 1 aliphatic heterocycles. The van der Waals surface area contributed by atoms with Crippen LogP contribution in [0.4, 0.5) is 0 Å². The summed E-state index contributed by atoms with van der Waals surface area (Å²) < 4.78 is 11.2. The molecule has 2 rings (SSSR count). The molecule has 0 bridgehead atoms. The summed E-state index contributed by atoms with van der Waals surface area (Å²) in [7, 11) is 3.42. The largest absolute Gasteiger partial charge is 0.381 e. The Bertz CT molecular complexity index is 368. The van der Waals surface area contributed by atoms with Crippen LogP contribution in [0.2, 0.25) is 0 Å². The highest BCUT2D eigenvalue weighted by Crippen LogP contribution is 2.48. The molecule has 2 fully saturated rings. The third-order valence-electron chi connectivity index (χ3n) is 5.91. The minimum Gasteiger partial charge on any atom is -0.381 e. The van der Waals surface area contributed by atoms with Gasteiger partial charge in [0.15, 0.2) is 0 Å². The first-order valence-corrected chi connectivity index (χ1v) is 8.18. The monoisotopic (exact) mass is 334 g/mol. The van der Waals surface area contributed by atoms with Crippen LogP contribution in [0.3, 0.4) is 0 Å². The number of hydrogen-bond donors (Lipinski definition) is 2. The van der Waals surface area contributed by atoms with E-state index in [-0.39, 0.29) is 35.9 Å². The maximum absolute atomic E-state index is 12.8. The lowest BCUT2D eigenvalue weighted by Crippen LogP contribution is -2.67. The number of amides is 1. The van der Waals surface area contributed by atoms with Crippen molar-refractivity contribution in [2.45, 2.75) is 63.7 Å². The average Bonchev–Trinajstić information content (AvgIpc) is 2.52. The van der Waals surface area contributed by atoms with Gasteiger partial charge in [0.2, 0.25) is 0 Å². The third kappa shape index (κ3) is 3.14. The highest BCUT2D eigenvalue weighted by molar-refractivity contribution is 5.86. The Morgan fingerprint density at radius 3 is 2.27 bits per heavy atom. The summed E-state index contributed by atoms with van der Waals surface area (Å²) >= 11 is 0. The number of piperidine rings is 1. The Labute approximate surface area is 140 Å². The molecular formula is C16H31ClN2O3. The predicted molar refractivity (Wildman–Crippen MR) is 89.5 cm³/mol. The lowest BCUT2D eigenvalue weighted by atomic mass is 9.58. The molecule has 1 saturated carbocycles. The van der Waals surface area contributed by atoms with E-state index in [0.717, 1.165) is 45.2 Å². The second kappa shape index (κ2) is 7.95. The van der Waals surface area contributed by atoms with Gasteiger partial charge in [0.05, 0.1) is 6.10 Å². The Balaban J connectivity index is 0.00000242. The van der Waals surface area contributed by atoms with Crippen LogP contribution >= 0.6 is 12.4 Å². The van der Waals surface area contributed by atoms with Crippen molar-refractivity contribution in [1.82, 2.24) is 10.6 Å². The summed E-state index contributed by atoms with van der Waals surface area (Å²) in [5.41, 5.74) is -0.580. The van der Waals surface area contributed by atoms with Gasteiger partial charge in [-0.05, 0) is 45.2 Å². The van der Waals surface area contributed by atoms with Crippen LogP contribution in [0.1, 0.15) is 46.0 Å². The van der Waals surface area contributed by atoms with Crippen molar-refractivity contribution in [3.8, 4) is 0 Å². The Kier molecular flexibility index (Phi) is 7.12. The highest BCUT2D eigenvalue weighted by Gasteiger charge is 2.55. The molecule has 0 aromatic heterocycles. The molecule has 130 valence electrons. The molecule has 2 aliphatic rings. The number of rotatable bonds is 6. The molecule has 0 radical (unpaired) electrons. The van der Waals surface area contributed by atoms with Gasteiger partial charge in [0.1, 0.15) is 5.60 Å². The fourth-order valence-electron chi connectivity index (χ4n) is 4.12. The molecule has 1 heterocycles. The molecular weight excluding hydrogens is 304 g/mol. The third-order valence-corrected chi connectivity index (χ3v) is 5.91. The maximum Gasteiger partial charge on any atom is 0.252 e. The molecule has 2 atom stereocenters. The first-order valence-electron chi connectivity index (χ1n) is 8.18. The fourth-order valence-corrected chi connectivity index (χ4v) is 4.12. The first kappa shape index (κ1) is 19.7. The Hall–Kier alpha value is -0.360. The van der Waals surface area contributed by atoms with E-state index in [9.17, 15) is 4.79 Å². The number of halogens is 1. The first-order chi connectivity index (χ1) is 10.1. The van der Waals surface area contributed by atoms with Crippen LogP contribution in [0.5, 0.6) is 0 Å². The normalized spacial score (nSPS) is 29.1. The van der Waals surface area contributed by atoms with Gasteiger partial charge in [-0.2, -0.15) is 0 Å². The van der Waals surface area contributed by atoms with Gasteiger partial charge < -0.3 is 20.1 Å². The molecule has 0 spiro atoms. The molecule has 2 N–H and O–H groups in total. The smallest absolute Gasteiger partial charge is 0.252 e. The van der Waals surface area contributed by atoms with Gasteiger partial charge in [-0.15, -0.1) is 12.4 Å². The average molecular weight is 335 g/mol. The van der Waals surface area contributed by atoms with Gasteiger partial charge >= 0.3 is 0 Å². The zero-order chi connectivity index (χ0) is 15.5. The number of nitrogens with one attached hydrogen (secondary N) is 2. The van der Waals surface area contributed by atoms with Crippen molar-refractivity contribution in [2.24, 2.45) is 5.41 Å². The molecule has 0 aromatic carbocycles. The number of methoxy groups -OCH3 is 2. The van der Waals surface area contributed by atoms with Crippen molar-refractivity contribution in [3.05, 3.63) is 0 Å². The number of hydrogen-bond acceptors (Lipinski definition) is 4. The standard InChI is InChI=1S/C16H30N2O3.ClH/c1-5-15(6-2)12(11-13(15)20-3)18-14(19)16(21-4)7-9-17-10-8-16;/h12-13,17H,5-11H2,1-4H3,(H,18,19);1H. The minimum absolute atomic E-state index is 0. The number of carbonyl (C=O) groups excluding carboxylic acids is 1. The maximum atomic E-state index is 12.8. The molecule has 22 heavy (non-hydrogen) atoms. The zero-order valence-electron chi connectivity index (χ0n) is 14.2. The minimum atomic E-state index is -0.656. The Morgan fingerprint density at radius 2 is 1.82 bits per heavy atom. The van der Waals surface area contributed by atoms with Crippen molar-refractivity contribution in [3.63, 3.8) is 0 Å². The van der Waals surface area contributed by atoms with Crippen molar-refractivity contribution in [2.75, 3.05) is 27.3 Å². The summed E-state index contributed by atoms with van der Waals surface area (Å²) in [5, 5.41) is 6.55. The van der Waals surface area contributed by atoms with Crippen LogP contribution in [0.15, 0.2) is 0 Å². The fraction of sp³-hybridized carbons (Fsp3) is 0.938. The van der Waals surface area contributed by atoms with Crippen molar-refractivity contribution in [1.29, 1.82) is 0 Å². The van der Waals surface area contributed by atoms with E-state index in [2.05, 4.69) is 24.5 Å². The van der Waals surface area contributed by atoms with E-state index >= 15 is 0 Å². The predicted octanol–water partition coefficient (Wildman–Crippen LogP) is 1.89. The van der Waals surface area contributed by atoms with Gasteiger partial charge in [0, 0.05) is 25.7 Å². The van der Waals surface area contributed by atoms with E-state index in [1.807, 2.05) is 0 Å². The summed E-state index contributed by atoms with van der Waals surface area (Å²) in [4.78, 5) is 12.8. The summed E-state index contributed by atoms with van der Waals surface area (Å²) in [6, 6.07) is 0.201. The molecule has 2 unspecified atom stereocenters. The van der Waals surface area contributed by atoms with E-state index in [1.165, 1.54) is 0 Å². The second-order valence-corrected chi connectivity index (χ2v) is 6.37.